The van der Waals surface area contributed by atoms with Gasteiger partial charge in [-0.2, -0.15) is 4.37 Å². The fourth-order valence-electron chi connectivity index (χ4n) is 3.63. The third-order valence-corrected chi connectivity index (χ3v) is 5.62. The zero-order chi connectivity index (χ0) is 20.3. The number of ether oxygens (including phenoxy) is 1. The number of aromatic nitrogens is 3. The van der Waals surface area contributed by atoms with E-state index in [4.69, 9.17) is 4.74 Å². The summed E-state index contributed by atoms with van der Waals surface area (Å²) in [5.41, 5.74) is 2.70. The minimum absolute atomic E-state index is 0.597. The maximum Gasteiger partial charge on any atom is 0.129 e. The first kappa shape index (κ1) is 21.4. The second kappa shape index (κ2) is 11.6. The quantitative estimate of drug-likeness (QED) is 0.550. The van der Waals surface area contributed by atoms with Gasteiger partial charge >= 0.3 is 0 Å². The van der Waals surface area contributed by atoms with Gasteiger partial charge in [0.2, 0.25) is 0 Å². The lowest BCUT2D eigenvalue weighted by atomic mass is 9.95. The van der Waals surface area contributed by atoms with Crippen LogP contribution in [0.1, 0.15) is 47.9 Å². The molecule has 1 aromatic carbocycles. The van der Waals surface area contributed by atoms with Crippen molar-refractivity contribution in [2.24, 2.45) is 0 Å². The van der Waals surface area contributed by atoms with Crippen LogP contribution in [-0.2, 0) is 0 Å². The SMILES string of the molecule is Cc1ccc2c(c1)OCC[C@H]2N1CCCCC1.Cc1ncns1.c1ccncc1. The first-order chi connectivity index (χ1) is 14.2. The largest absolute Gasteiger partial charge is 0.493 e. The number of piperidine rings is 1. The van der Waals surface area contributed by atoms with E-state index in [1.165, 1.54) is 55.0 Å². The van der Waals surface area contributed by atoms with Crippen molar-refractivity contribution in [2.75, 3.05) is 19.7 Å². The van der Waals surface area contributed by atoms with E-state index < -0.39 is 0 Å². The Morgan fingerprint density at radius 1 is 1.03 bits per heavy atom. The molecule has 0 saturated carbocycles. The van der Waals surface area contributed by atoms with Crippen molar-refractivity contribution in [3.8, 4) is 5.75 Å². The summed E-state index contributed by atoms with van der Waals surface area (Å²) in [6.07, 6.45) is 10.3. The molecule has 0 bridgehead atoms. The van der Waals surface area contributed by atoms with Crippen molar-refractivity contribution in [1.29, 1.82) is 0 Å². The molecule has 2 aliphatic rings. The average Bonchev–Trinajstić information content (AvgIpc) is 3.27. The van der Waals surface area contributed by atoms with Gasteiger partial charge in [0, 0.05) is 30.4 Å². The molecule has 0 spiro atoms. The van der Waals surface area contributed by atoms with Crippen LogP contribution in [0, 0.1) is 13.8 Å². The summed E-state index contributed by atoms with van der Waals surface area (Å²) < 4.78 is 9.55. The van der Waals surface area contributed by atoms with Gasteiger partial charge in [-0.3, -0.25) is 9.88 Å². The van der Waals surface area contributed by atoms with Gasteiger partial charge in [-0.05, 0) is 75.1 Å². The molecule has 29 heavy (non-hydrogen) atoms. The summed E-state index contributed by atoms with van der Waals surface area (Å²) in [4.78, 5) is 10.3. The molecule has 2 aliphatic heterocycles. The summed E-state index contributed by atoms with van der Waals surface area (Å²) in [5.74, 6) is 1.12. The van der Waals surface area contributed by atoms with Crippen LogP contribution in [0.5, 0.6) is 5.75 Å². The summed E-state index contributed by atoms with van der Waals surface area (Å²) >= 11 is 1.42. The van der Waals surface area contributed by atoms with Gasteiger partial charge in [-0.25, -0.2) is 4.98 Å². The molecule has 0 radical (unpaired) electrons. The molecule has 154 valence electrons. The van der Waals surface area contributed by atoms with Crippen LogP contribution in [0.15, 0.2) is 55.1 Å². The summed E-state index contributed by atoms with van der Waals surface area (Å²) in [7, 11) is 0. The Morgan fingerprint density at radius 3 is 2.38 bits per heavy atom. The molecule has 1 fully saturated rings. The Morgan fingerprint density at radius 2 is 1.83 bits per heavy atom. The number of hydrogen-bond donors (Lipinski definition) is 0. The van der Waals surface area contributed by atoms with Crippen molar-refractivity contribution in [2.45, 2.75) is 45.6 Å². The minimum atomic E-state index is 0.597. The highest BCUT2D eigenvalue weighted by Crippen LogP contribution is 2.37. The van der Waals surface area contributed by atoms with Crippen LogP contribution in [0.3, 0.4) is 0 Å². The number of hydrogen-bond acceptors (Lipinski definition) is 6. The van der Waals surface area contributed by atoms with Crippen molar-refractivity contribution in [3.63, 3.8) is 0 Å². The highest BCUT2D eigenvalue weighted by molar-refractivity contribution is 7.05. The van der Waals surface area contributed by atoms with Crippen LogP contribution in [0.25, 0.3) is 0 Å². The van der Waals surface area contributed by atoms with E-state index in [0.29, 0.717) is 6.04 Å². The van der Waals surface area contributed by atoms with Crippen molar-refractivity contribution < 1.29 is 4.74 Å². The maximum absolute atomic E-state index is 5.80. The van der Waals surface area contributed by atoms with Gasteiger partial charge in [0.1, 0.15) is 17.1 Å². The molecule has 5 nitrogen and oxygen atoms in total. The first-order valence-electron chi connectivity index (χ1n) is 10.3. The smallest absolute Gasteiger partial charge is 0.129 e. The Balaban J connectivity index is 0.000000163. The van der Waals surface area contributed by atoms with Crippen LogP contribution < -0.4 is 4.74 Å². The molecule has 3 aromatic rings. The predicted molar refractivity (Wildman–Crippen MR) is 118 cm³/mol. The fourth-order valence-corrected chi connectivity index (χ4v) is 3.97. The lowest BCUT2D eigenvalue weighted by Gasteiger charge is -2.38. The van der Waals surface area contributed by atoms with E-state index in [0.717, 1.165) is 23.8 Å². The molecule has 1 saturated heterocycles. The third kappa shape index (κ3) is 6.91. The monoisotopic (exact) mass is 410 g/mol. The van der Waals surface area contributed by atoms with Gasteiger partial charge in [-0.15, -0.1) is 0 Å². The van der Waals surface area contributed by atoms with E-state index in [-0.39, 0.29) is 0 Å². The van der Waals surface area contributed by atoms with Crippen LogP contribution in [-0.4, -0.2) is 38.9 Å². The molecule has 4 heterocycles. The number of benzene rings is 1. The van der Waals surface area contributed by atoms with Gasteiger partial charge in [0.15, 0.2) is 0 Å². The molecule has 6 heteroatoms. The van der Waals surface area contributed by atoms with Crippen LogP contribution in [0.4, 0.5) is 0 Å². The van der Waals surface area contributed by atoms with E-state index in [1.54, 1.807) is 18.7 Å². The van der Waals surface area contributed by atoms with E-state index in [1.807, 2.05) is 25.1 Å². The van der Waals surface area contributed by atoms with E-state index >= 15 is 0 Å². The zero-order valence-corrected chi connectivity index (χ0v) is 18.1. The highest BCUT2D eigenvalue weighted by Gasteiger charge is 2.27. The summed E-state index contributed by atoms with van der Waals surface area (Å²) in [6, 6.07) is 13.0. The number of rotatable bonds is 1. The first-order valence-corrected chi connectivity index (χ1v) is 11.1. The van der Waals surface area contributed by atoms with Gasteiger partial charge in [0.25, 0.3) is 0 Å². The third-order valence-electron chi connectivity index (χ3n) is 5.05. The normalized spacial score (nSPS) is 18.2. The second-order valence-electron chi connectivity index (χ2n) is 7.28. The molecule has 0 amide bonds. The van der Waals surface area contributed by atoms with Gasteiger partial charge in [-0.1, -0.05) is 24.6 Å². The minimum Gasteiger partial charge on any atom is -0.493 e. The Kier molecular flexibility index (Phi) is 8.58. The second-order valence-corrected chi connectivity index (χ2v) is 8.26. The van der Waals surface area contributed by atoms with Crippen LogP contribution >= 0.6 is 11.5 Å². The molecule has 0 N–H and O–H groups in total. The molecular weight excluding hydrogens is 380 g/mol. The number of likely N-dealkylation sites (tertiary alicyclic amines) is 1. The molecule has 0 aliphatic carbocycles. The van der Waals surface area contributed by atoms with Gasteiger partial charge in [0.05, 0.1) is 6.61 Å². The fraction of sp³-hybridized carbons (Fsp3) is 0.435. The number of nitrogens with zero attached hydrogens (tertiary/aromatic N) is 4. The molecule has 5 rings (SSSR count). The summed E-state index contributed by atoms with van der Waals surface area (Å²) in [6.45, 7) is 7.46. The molecular formula is C23H30N4OS. The highest BCUT2D eigenvalue weighted by atomic mass is 32.1. The van der Waals surface area contributed by atoms with Crippen molar-refractivity contribution in [3.05, 3.63) is 71.3 Å². The Hall–Kier alpha value is -2.31. The average molecular weight is 411 g/mol. The van der Waals surface area contributed by atoms with E-state index in [2.05, 4.69) is 44.4 Å². The van der Waals surface area contributed by atoms with E-state index in [9.17, 15) is 0 Å². The molecule has 2 aromatic heterocycles. The lowest BCUT2D eigenvalue weighted by Crippen LogP contribution is -2.36. The number of aryl methyl sites for hydroxylation is 2. The Labute approximate surface area is 178 Å². The topological polar surface area (TPSA) is 51.1 Å². The Bertz CT molecular complexity index is 793. The number of pyridine rings is 1. The van der Waals surface area contributed by atoms with Crippen LogP contribution in [0.2, 0.25) is 0 Å². The molecule has 1 atom stereocenters. The standard InChI is InChI=1S/C15H21NO.C5H5N.C3H4N2S/c1-12-5-6-13-14(7-10-17-15(13)11-12)16-8-3-2-4-9-16;1-2-4-6-5-3-1;1-3-4-2-5-6-3/h5-6,11,14H,2-4,7-10H2,1H3;1-5H;2H,1H3/t14-;;/m1../s1. The van der Waals surface area contributed by atoms with Crippen molar-refractivity contribution in [1.82, 2.24) is 19.2 Å². The predicted octanol–water partition coefficient (Wildman–Crippen LogP) is 5.23. The molecule has 0 unspecified atom stereocenters. The number of fused-ring (bicyclic) bond motifs is 1. The van der Waals surface area contributed by atoms with Gasteiger partial charge < -0.3 is 4.74 Å². The maximum atomic E-state index is 5.80. The lowest BCUT2D eigenvalue weighted by molar-refractivity contribution is 0.119. The zero-order valence-electron chi connectivity index (χ0n) is 17.3. The summed E-state index contributed by atoms with van der Waals surface area (Å²) in [5, 5.41) is 1.02. The van der Waals surface area contributed by atoms with Crippen molar-refractivity contribution >= 4 is 11.5 Å².